The predicted molar refractivity (Wildman–Crippen MR) is 113 cm³/mol. The minimum absolute atomic E-state index is 0.116. The van der Waals surface area contributed by atoms with Gasteiger partial charge < -0.3 is 20.1 Å². The molecule has 1 saturated carbocycles. The third kappa shape index (κ3) is 3.71. The summed E-state index contributed by atoms with van der Waals surface area (Å²) in [4.78, 5) is 12.3. The van der Waals surface area contributed by atoms with Crippen LogP contribution in [0.2, 0.25) is 0 Å². The summed E-state index contributed by atoms with van der Waals surface area (Å²) >= 11 is 2.06. The van der Waals surface area contributed by atoms with Crippen molar-refractivity contribution in [2.24, 2.45) is 0 Å². The molecule has 0 radical (unpaired) electrons. The van der Waals surface area contributed by atoms with E-state index in [2.05, 4.69) is 22.7 Å². The molecule has 148 valence electrons. The van der Waals surface area contributed by atoms with Crippen LogP contribution in [0.4, 0.5) is 11.5 Å². The number of anilines is 2. The molecule has 0 spiro atoms. The molecular formula is C21H26N4O2S. The molecule has 2 saturated heterocycles. The molecular weight excluding hydrogens is 372 g/mol. The topological polar surface area (TPSA) is 73.5 Å². The number of nitrogen functional groups attached to an aromatic ring is 1. The van der Waals surface area contributed by atoms with Crippen molar-refractivity contribution >= 4 is 23.3 Å². The molecule has 0 amide bonds. The van der Waals surface area contributed by atoms with E-state index in [1.54, 1.807) is 0 Å². The van der Waals surface area contributed by atoms with E-state index in [9.17, 15) is 0 Å². The lowest BCUT2D eigenvalue weighted by molar-refractivity contribution is 0.122. The number of hydrogen-bond acceptors (Lipinski definition) is 7. The zero-order valence-electron chi connectivity index (χ0n) is 16.0. The van der Waals surface area contributed by atoms with Crippen molar-refractivity contribution in [2.45, 2.75) is 29.3 Å². The van der Waals surface area contributed by atoms with Crippen molar-refractivity contribution in [3.05, 3.63) is 36.0 Å². The molecule has 1 atom stereocenters. The standard InChI is InChI=1S/C21H26N4O2S/c22-16-3-1-15(2-4-16)20-23-18(13-19(24-20)25-8-11-26-12-9-25)21(6-7-21)28-17-5-10-27-14-17/h1-4,13,17H,5-12,14,22H2. The fraction of sp³-hybridized carbons (Fsp3) is 0.524. The number of rotatable bonds is 5. The van der Waals surface area contributed by atoms with E-state index < -0.39 is 0 Å². The second-order valence-electron chi connectivity index (χ2n) is 7.75. The molecule has 3 heterocycles. The van der Waals surface area contributed by atoms with Gasteiger partial charge in [0.1, 0.15) is 5.82 Å². The zero-order valence-corrected chi connectivity index (χ0v) is 16.8. The fourth-order valence-electron chi connectivity index (χ4n) is 3.86. The van der Waals surface area contributed by atoms with E-state index in [0.717, 1.165) is 74.5 Å². The first-order chi connectivity index (χ1) is 13.7. The lowest BCUT2D eigenvalue weighted by atomic mass is 10.1. The van der Waals surface area contributed by atoms with Crippen LogP contribution in [-0.2, 0) is 14.2 Å². The van der Waals surface area contributed by atoms with Gasteiger partial charge in [-0.2, -0.15) is 0 Å². The molecule has 5 rings (SSSR count). The van der Waals surface area contributed by atoms with E-state index >= 15 is 0 Å². The molecule has 2 aliphatic heterocycles. The van der Waals surface area contributed by atoms with Crippen molar-refractivity contribution in [1.82, 2.24) is 9.97 Å². The third-order valence-corrected chi connectivity index (χ3v) is 7.44. The summed E-state index contributed by atoms with van der Waals surface area (Å²) in [6.45, 7) is 4.97. The van der Waals surface area contributed by atoms with Crippen LogP contribution in [0, 0.1) is 0 Å². The molecule has 1 aliphatic carbocycles. The molecule has 3 fully saturated rings. The lowest BCUT2D eigenvalue weighted by Gasteiger charge is -2.29. The van der Waals surface area contributed by atoms with Crippen molar-refractivity contribution in [3.8, 4) is 11.4 Å². The summed E-state index contributed by atoms with van der Waals surface area (Å²) in [5.74, 6) is 1.79. The number of morpholine rings is 1. The Hall–Kier alpha value is -1.83. The van der Waals surface area contributed by atoms with E-state index in [1.165, 1.54) is 12.8 Å². The highest BCUT2D eigenvalue weighted by molar-refractivity contribution is 8.01. The Morgan fingerprint density at radius 1 is 1.04 bits per heavy atom. The molecule has 1 aromatic carbocycles. The van der Waals surface area contributed by atoms with E-state index in [-0.39, 0.29) is 4.75 Å². The quantitative estimate of drug-likeness (QED) is 0.776. The molecule has 0 bridgehead atoms. The van der Waals surface area contributed by atoms with Crippen LogP contribution in [-0.4, -0.2) is 54.7 Å². The zero-order chi connectivity index (χ0) is 19.0. The summed E-state index contributed by atoms with van der Waals surface area (Å²) in [5.41, 5.74) is 8.80. The van der Waals surface area contributed by atoms with Crippen LogP contribution in [0.3, 0.4) is 0 Å². The number of aromatic nitrogens is 2. The Bertz CT molecular complexity index is 829. The Balaban J connectivity index is 1.51. The Kier molecular flexibility index (Phi) is 4.90. The van der Waals surface area contributed by atoms with Crippen LogP contribution in [0.5, 0.6) is 0 Å². The Labute approximate surface area is 169 Å². The molecule has 2 N–H and O–H groups in total. The molecule has 28 heavy (non-hydrogen) atoms. The second-order valence-corrected chi connectivity index (χ2v) is 9.44. The van der Waals surface area contributed by atoms with Gasteiger partial charge in [0, 0.05) is 42.3 Å². The minimum atomic E-state index is 0.116. The number of nitrogens with two attached hydrogens (primary N) is 1. The second kappa shape index (κ2) is 7.54. The maximum Gasteiger partial charge on any atom is 0.161 e. The maximum absolute atomic E-state index is 5.87. The largest absolute Gasteiger partial charge is 0.399 e. The van der Waals surface area contributed by atoms with Crippen LogP contribution in [0.25, 0.3) is 11.4 Å². The average Bonchev–Trinajstić information content (AvgIpc) is 3.34. The molecule has 1 unspecified atom stereocenters. The number of thioether (sulfide) groups is 1. The molecule has 1 aromatic heterocycles. The van der Waals surface area contributed by atoms with Gasteiger partial charge in [0.15, 0.2) is 5.82 Å². The van der Waals surface area contributed by atoms with Gasteiger partial charge >= 0.3 is 0 Å². The fourth-order valence-corrected chi connectivity index (χ4v) is 5.44. The first-order valence-electron chi connectivity index (χ1n) is 10.1. The van der Waals surface area contributed by atoms with Crippen molar-refractivity contribution in [1.29, 1.82) is 0 Å². The van der Waals surface area contributed by atoms with Gasteiger partial charge in [-0.1, -0.05) is 0 Å². The minimum Gasteiger partial charge on any atom is -0.399 e. The lowest BCUT2D eigenvalue weighted by Crippen LogP contribution is -2.37. The highest BCUT2D eigenvalue weighted by Gasteiger charge is 2.49. The first kappa shape index (κ1) is 18.2. The van der Waals surface area contributed by atoms with Gasteiger partial charge in [0.25, 0.3) is 0 Å². The monoisotopic (exact) mass is 398 g/mol. The Morgan fingerprint density at radius 3 is 2.50 bits per heavy atom. The third-order valence-electron chi connectivity index (χ3n) is 5.67. The van der Waals surface area contributed by atoms with Crippen molar-refractivity contribution < 1.29 is 9.47 Å². The van der Waals surface area contributed by atoms with Crippen molar-refractivity contribution in [3.63, 3.8) is 0 Å². The molecule has 7 heteroatoms. The van der Waals surface area contributed by atoms with Crippen LogP contribution in [0.15, 0.2) is 30.3 Å². The predicted octanol–water partition coefficient (Wildman–Crippen LogP) is 3.07. The summed E-state index contributed by atoms with van der Waals surface area (Å²) in [6.07, 6.45) is 3.49. The van der Waals surface area contributed by atoms with Gasteiger partial charge in [-0.15, -0.1) is 11.8 Å². The van der Waals surface area contributed by atoms with Crippen LogP contribution < -0.4 is 10.6 Å². The summed E-state index contributed by atoms with van der Waals surface area (Å²) in [6, 6.07) is 10.1. The Morgan fingerprint density at radius 2 is 1.82 bits per heavy atom. The number of hydrogen-bond donors (Lipinski definition) is 1. The summed E-state index contributed by atoms with van der Waals surface area (Å²) < 4.78 is 11.2. The summed E-state index contributed by atoms with van der Waals surface area (Å²) in [7, 11) is 0. The molecule has 3 aliphatic rings. The average molecular weight is 399 g/mol. The number of ether oxygens (including phenoxy) is 2. The first-order valence-corrected chi connectivity index (χ1v) is 10.9. The van der Waals surface area contributed by atoms with Gasteiger partial charge in [-0.25, -0.2) is 9.97 Å². The highest BCUT2D eigenvalue weighted by atomic mass is 32.2. The van der Waals surface area contributed by atoms with Gasteiger partial charge in [-0.3, -0.25) is 0 Å². The molecule has 6 nitrogen and oxygen atoms in total. The van der Waals surface area contributed by atoms with Crippen LogP contribution in [0.1, 0.15) is 25.0 Å². The van der Waals surface area contributed by atoms with E-state index in [4.69, 9.17) is 25.2 Å². The van der Waals surface area contributed by atoms with E-state index in [0.29, 0.717) is 5.25 Å². The highest BCUT2D eigenvalue weighted by Crippen LogP contribution is 2.59. The summed E-state index contributed by atoms with van der Waals surface area (Å²) in [5, 5.41) is 0.573. The SMILES string of the molecule is Nc1ccc(-c2nc(N3CCOCC3)cc(C3(SC4CCOC4)CC3)n2)cc1. The smallest absolute Gasteiger partial charge is 0.161 e. The van der Waals surface area contributed by atoms with E-state index in [1.807, 2.05) is 24.3 Å². The van der Waals surface area contributed by atoms with Gasteiger partial charge in [0.05, 0.1) is 30.3 Å². The van der Waals surface area contributed by atoms with Gasteiger partial charge in [0.2, 0.25) is 0 Å². The maximum atomic E-state index is 5.87. The van der Waals surface area contributed by atoms with Crippen LogP contribution >= 0.6 is 11.8 Å². The number of benzene rings is 1. The molecule has 2 aromatic rings. The van der Waals surface area contributed by atoms with Crippen molar-refractivity contribution in [2.75, 3.05) is 50.2 Å². The normalized spacial score (nSPS) is 23.7. The van der Waals surface area contributed by atoms with Gasteiger partial charge in [-0.05, 0) is 43.5 Å². The number of nitrogens with zero attached hydrogens (tertiary/aromatic N) is 3.